The number of sulfonamides is 1. The molecule has 1 atom stereocenters. The third-order valence-electron chi connectivity index (χ3n) is 6.07. The minimum absolute atomic E-state index is 0.0242. The summed E-state index contributed by atoms with van der Waals surface area (Å²) in [6.07, 6.45) is 0. The number of nitrogens with one attached hydrogen (secondary N) is 1. The molecule has 0 aliphatic rings. The summed E-state index contributed by atoms with van der Waals surface area (Å²) in [4.78, 5) is 28.3. The first-order valence-electron chi connectivity index (χ1n) is 12.7. The number of hydrogen-bond donors (Lipinski definition) is 1. The van der Waals surface area contributed by atoms with Gasteiger partial charge in [-0.1, -0.05) is 42.5 Å². The lowest BCUT2D eigenvalue weighted by atomic mass is 10.1. The largest absolute Gasteiger partial charge is 0.350 e. The summed E-state index contributed by atoms with van der Waals surface area (Å²) in [5.41, 5.74) is 1.62. The van der Waals surface area contributed by atoms with Crippen LogP contribution >= 0.6 is 0 Å². The molecule has 0 bridgehead atoms. The van der Waals surface area contributed by atoms with Crippen molar-refractivity contribution in [2.45, 2.75) is 64.6 Å². The van der Waals surface area contributed by atoms with Crippen molar-refractivity contribution in [2.24, 2.45) is 0 Å². The van der Waals surface area contributed by atoms with Crippen LogP contribution in [0.4, 0.5) is 10.1 Å². The van der Waals surface area contributed by atoms with Gasteiger partial charge >= 0.3 is 0 Å². The molecule has 39 heavy (non-hydrogen) atoms. The smallest absolute Gasteiger partial charge is 0.264 e. The minimum atomic E-state index is -4.16. The molecule has 0 saturated carbocycles. The molecule has 0 heterocycles. The topological polar surface area (TPSA) is 86.8 Å². The fourth-order valence-corrected chi connectivity index (χ4v) is 5.63. The van der Waals surface area contributed by atoms with Gasteiger partial charge in [0, 0.05) is 17.6 Å². The first kappa shape index (κ1) is 29.8. The van der Waals surface area contributed by atoms with E-state index >= 15 is 0 Å². The Morgan fingerprint density at radius 3 is 2.05 bits per heavy atom. The van der Waals surface area contributed by atoms with Crippen molar-refractivity contribution >= 4 is 27.5 Å². The lowest BCUT2D eigenvalue weighted by Crippen LogP contribution is -2.54. The van der Waals surface area contributed by atoms with Gasteiger partial charge in [-0.15, -0.1) is 0 Å². The van der Waals surface area contributed by atoms with Gasteiger partial charge < -0.3 is 10.2 Å². The number of anilines is 1. The third kappa shape index (κ3) is 7.66. The maximum atomic E-state index is 14.6. The molecule has 0 spiro atoms. The average molecular weight is 554 g/mol. The van der Waals surface area contributed by atoms with Gasteiger partial charge in [-0.25, -0.2) is 12.8 Å². The molecule has 3 aromatic rings. The molecule has 0 saturated heterocycles. The third-order valence-corrected chi connectivity index (χ3v) is 7.86. The maximum absolute atomic E-state index is 14.6. The lowest BCUT2D eigenvalue weighted by molar-refractivity contribution is -0.140. The fraction of sp³-hybridized carbons (Fsp3) is 0.333. The van der Waals surface area contributed by atoms with Crippen LogP contribution in [0, 0.1) is 19.7 Å². The number of carbonyl (C=O) groups is 2. The molecule has 0 unspecified atom stereocenters. The van der Waals surface area contributed by atoms with Gasteiger partial charge in [-0.3, -0.25) is 13.9 Å². The second-order valence-electron chi connectivity index (χ2n) is 10.7. The summed E-state index contributed by atoms with van der Waals surface area (Å²) >= 11 is 0. The molecule has 0 aliphatic heterocycles. The number of amides is 2. The van der Waals surface area contributed by atoms with Gasteiger partial charge in [0.05, 0.1) is 10.6 Å². The van der Waals surface area contributed by atoms with Crippen LogP contribution in [0.25, 0.3) is 0 Å². The molecule has 2 amide bonds. The predicted molar refractivity (Wildman–Crippen MR) is 151 cm³/mol. The quantitative estimate of drug-likeness (QED) is 0.405. The van der Waals surface area contributed by atoms with Gasteiger partial charge in [-0.2, -0.15) is 0 Å². The number of halogens is 1. The van der Waals surface area contributed by atoms with Crippen LogP contribution in [0.3, 0.4) is 0 Å². The van der Waals surface area contributed by atoms with E-state index in [0.717, 1.165) is 15.4 Å². The Kier molecular flexibility index (Phi) is 9.17. The summed E-state index contributed by atoms with van der Waals surface area (Å²) in [6, 6.07) is 18.1. The number of aryl methyl sites for hydroxylation is 2. The Morgan fingerprint density at radius 1 is 0.923 bits per heavy atom. The number of carbonyl (C=O) groups excluding carboxylic acids is 2. The van der Waals surface area contributed by atoms with E-state index < -0.39 is 45.8 Å². The summed E-state index contributed by atoms with van der Waals surface area (Å²) < 4.78 is 43.3. The standard InChI is InChI=1S/C30H36FN3O4S/c1-21-16-22(2)18-25(17-21)34(39(37,38)26-13-8-7-9-14-26)20-28(35)33(19-24-12-10-11-15-27(24)31)23(3)29(36)32-30(4,5)6/h7-18,23H,19-20H2,1-6H3,(H,32,36)/t23-/m1/s1. The van der Waals surface area contributed by atoms with E-state index in [0.29, 0.717) is 5.69 Å². The first-order valence-corrected chi connectivity index (χ1v) is 14.1. The predicted octanol–water partition coefficient (Wildman–Crippen LogP) is 4.97. The highest BCUT2D eigenvalue weighted by atomic mass is 32.2. The molecule has 3 aromatic carbocycles. The van der Waals surface area contributed by atoms with E-state index in [1.807, 2.05) is 40.7 Å². The monoisotopic (exact) mass is 553 g/mol. The van der Waals surface area contributed by atoms with Crippen LogP contribution in [-0.2, 0) is 26.2 Å². The highest BCUT2D eigenvalue weighted by Crippen LogP contribution is 2.27. The Balaban J connectivity index is 2.07. The normalized spacial score (nSPS) is 12.5. The molecular formula is C30H36FN3O4S. The van der Waals surface area contributed by atoms with Crippen molar-refractivity contribution < 1.29 is 22.4 Å². The van der Waals surface area contributed by atoms with Crippen LogP contribution in [-0.4, -0.2) is 43.3 Å². The number of nitrogens with zero attached hydrogens (tertiary/aromatic N) is 2. The number of rotatable bonds is 9. The molecule has 0 radical (unpaired) electrons. The molecule has 1 N–H and O–H groups in total. The average Bonchev–Trinajstić information content (AvgIpc) is 2.85. The Morgan fingerprint density at radius 2 is 1.49 bits per heavy atom. The summed E-state index contributed by atoms with van der Waals surface area (Å²) in [5, 5.41) is 2.85. The molecule has 0 aliphatic carbocycles. The van der Waals surface area contributed by atoms with E-state index in [1.54, 1.807) is 43.3 Å². The SMILES string of the molecule is Cc1cc(C)cc(N(CC(=O)N(Cc2ccccc2F)[C@H](C)C(=O)NC(C)(C)C)S(=O)(=O)c2ccccc2)c1. The van der Waals surface area contributed by atoms with E-state index in [-0.39, 0.29) is 17.0 Å². The van der Waals surface area contributed by atoms with Gasteiger partial charge in [0.1, 0.15) is 18.4 Å². The van der Waals surface area contributed by atoms with Gasteiger partial charge in [-0.05, 0) is 83.0 Å². The molecular weight excluding hydrogens is 517 g/mol. The van der Waals surface area contributed by atoms with E-state index in [4.69, 9.17) is 0 Å². The number of hydrogen-bond acceptors (Lipinski definition) is 4. The molecule has 0 aromatic heterocycles. The van der Waals surface area contributed by atoms with Gasteiger partial charge in [0.2, 0.25) is 11.8 Å². The van der Waals surface area contributed by atoms with E-state index in [9.17, 15) is 22.4 Å². The highest BCUT2D eigenvalue weighted by Gasteiger charge is 2.33. The van der Waals surface area contributed by atoms with Crippen molar-refractivity contribution in [3.63, 3.8) is 0 Å². The van der Waals surface area contributed by atoms with Gasteiger partial charge in [0.15, 0.2) is 0 Å². The Bertz CT molecular complexity index is 1420. The molecule has 9 heteroatoms. The zero-order valence-electron chi connectivity index (χ0n) is 23.2. The van der Waals surface area contributed by atoms with Crippen LogP contribution in [0.2, 0.25) is 0 Å². The maximum Gasteiger partial charge on any atom is 0.264 e. The van der Waals surface area contributed by atoms with Crippen molar-refractivity contribution in [1.82, 2.24) is 10.2 Å². The summed E-state index contributed by atoms with van der Waals surface area (Å²) in [5.74, 6) is -1.61. The second-order valence-corrected chi connectivity index (χ2v) is 12.6. The Hall–Kier alpha value is -3.72. The van der Waals surface area contributed by atoms with Crippen molar-refractivity contribution in [2.75, 3.05) is 10.8 Å². The van der Waals surface area contributed by atoms with Crippen molar-refractivity contribution in [3.05, 3.63) is 95.3 Å². The zero-order valence-corrected chi connectivity index (χ0v) is 24.0. The second kappa shape index (κ2) is 12.0. The highest BCUT2D eigenvalue weighted by molar-refractivity contribution is 7.92. The minimum Gasteiger partial charge on any atom is -0.350 e. The lowest BCUT2D eigenvalue weighted by Gasteiger charge is -2.33. The molecule has 3 rings (SSSR count). The van der Waals surface area contributed by atoms with Crippen LogP contribution in [0.1, 0.15) is 44.4 Å². The molecule has 0 fully saturated rings. The van der Waals surface area contributed by atoms with Crippen molar-refractivity contribution in [3.8, 4) is 0 Å². The van der Waals surface area contributed by atoms with Crippen molar-refractivity contribution in [1.29, 1.82) is 0 Å². The molecule has 208 valence electrons. The fourth-order valence-electron chi connectivity index (χ4n) is 4.21. The summed E-state index contributed by atoms with van der Waals surface area (Å²) in [6.45, 7) is 9.88. The zero-order chi connectivity index (χ0) is 29.0. The van der Waals surface area contributed by atoms with Crippen LogP contribution in [0.15, 0.2) is 77.7 Å². The van der Waals surface area contributed by atoms with Crippen LogP contribution < -0.4 is 9.62 Å². The molecule has 7 nitrogen and oxygen atoms in total. The van der Waals surface area contributed by atoms with E-state index in [1.165, 1.54) is 35.2 Å². The first-order chi connectivity index (χ1) is 18.2. The van der Waals surface area contributed by atoms with Crippen LogP contribution in [0.5, 0.6) is 0 Å². The van der Waals surface area contributed by atoms with E-state index in [2.05, 4.69) is 5.32 Å². The van der Waals surface area contributed by atoms with Gasteiger partial charge in [0.25, 0.3) is 10.0 Å². The Labute approximate surface area is 230 Å². The number of benzene rings is 3. The summed E-state index contributed by atoms with van der Waals surface area (Å²) in [7, 11) is -4.16.